The number of anilines is 1. The molecular formula is C18H22FN5O2. The molecule has 1 aliphatic heterocycles. The zero-order valence-corrected chi connectivity index (χ0v) is 14.9. The first-order chi connectivity index (χ1) is 12.5. The quantitative estimate of drug-likeness (QED) is 0.915. The molecule has 0 saturated carbocycles. The van der Waals surface area contributed by atoms with Crippen LogP contribution in [-0.4, -0.2) is 57.7 Å². The summed E-state index contributed by atoms with van der Waals surface area (Å²) in [6.45, 7) is 5.54. The van der Waals surface area contributed by atoms with Crippen LogP contribution in [0, 0.1) is 12.7 Å². The number of hydrogen-bond acceptors (Lipinski definition) is 3. The van der Waals surface area contributed by atoms with Crippen LogP contribution in [0.4, 0.5) is 14.9 Å². The third-order valence-electron chi connectivity index (χ3n) is 4.54. The lowest BCUT2D eigenvalue weighted by molar-refractivity contribution is -0.130. The van der Waals surface area contributed by atoms with Crippen LogP contribution in [0.25, 0.3) is 5.69 Å². The van der Waals surface area contributed by atoms with Gasteiger partial charge in [0.25, 0.3) is 0 Å². The third-order valence-corrected chi connectivity index (χ3v) is 4.54. The molecule has 138 valence electrons. The minimum absolute atomic E-state index is 0.0557. The molecule has 0 radical (unpaired) electrons. The summed E-state index contributed by atoms with van der Waals surface area (Å²) in [5.74, 6) is -0.451. The topological polar surface area (TPSA) is 70.5 Å². The number of nitrogens with zero attached hydrogens (tertiary/aromatic N) is 4. The summed E-state index contributed by atoms with van der Waals surface area (Å²) in [7, 11) is 0. The molecule has 0 bridgehead atoms. The van der Waals surface area contributed by atoms with E-state index in [2.05, 4.69) is 10.4 Å². The number of para-hydroxylation sites is 1. The molecule has 1 aromatic heterocycles. The fourth-order valence-corrected chi connectivity index (χ4v) is 3.02. The number of rotatable bonds is 3. The lowest BCUT2D eigenvalue weighted by Gasteiger charge is -2.21. The van der Waals surface area contributed by atoms with Gasteiger partial charge >= 0.3 is 6.03 Å². The van der Waals surface area contributed by atoms with Gasteiger partial charge in [0.2, 0.25) is 5.91 Å². The SMILES string of the molecule is CCN1CCCN(C(=O)Nc2cnn(-c3ccccc3F)c2C)CC1=O. The van der Waals surface area contributed by atoms with Gasteiger partial charge in [0.05, 0.1) is 17.6 Å². The Balaban J connectivity index is 1.74. The van der Waals surface area contributed by atoms with Gasteiger partial charge in [0.15, 0.2) is 0 Å². The fraction of sp³-hybridized carbons (Fsp3) is 0.389. The van der Waals surface area contributed by atoms with Crippen LogP contribution in [0.5, 0.6) is 0 Å². The molecule has 8 heteroatoms. The summed E-state index contributed by atoms with van der Waals surface area (Å²) >= 11 is 0. The lowest BCUT2D eigenvalue weighted by Crippen LogP contribution is -2.41. The Morgan fingerprint density at radius 3 is 2.81 bits per heavy atom. The number of likely N-dealkylation sites (N-methyl/N-ethyl adjacent to an activating group) is 1. The van der Waals surface area contributed by atoms with Gasteiger partial charge in [-0.15, -0.1) is 0 Å². The maximum absolute atomic E-state index is 14.0. The van der Waals surface area contributed by atoms with Crippen molar-refractivity contribution < 1.29 is 14.0 Å². The van der Waals surface area contributed by atoms with Crippen molar-refractivity contribution in [2.45, 2.75) is 20.3 Å². The molecule has 0 aliphatic carbocycles. The molecular weight excluding hydrogens is 337 g/mol. The van der Waals surface area contributed by atoms with Crippen LogP contribution in [0.2, 0.25) is 0 Å². The highest BCUT2D eigenvalue weighted by atomic mass is 19.1. The summed E-state index contributed by atoms with van der Waals surface area (Å²) in [6.07, 6.45) is 2.22. The van der Waals surface area contributed by atoms with Crippen LogP contribution < -0.4 is 5.32 Å². The number of hydrogen-bond donors (Lipinski definition) is 1. The number of amides is 3. The van der Waals surface area contributed by atoms with Crippen molar-refractivity contribution in [3.63, 3.8) is 0 Å². The van der Waals surface area contributed by atoms with E-state index in [1.54, 1.807) is 30.0 Å². The number of urea groups is 1. The van der Waals surface area contributed by atoms with Crippen LogP contribution in [0.1, 0.15) is 19.0 Å². The van der Waals surface area contributed by atoms with E-state index >= 15 is 0 Å². The maximum atomic E-state index is 14.0. The molecule has 26 heavy (non-hydrogen) atoms. The van der Waals surface area contributed by atoms with E-state index in [-0.39, 0.29) is 18.5 Å². The molecule has 2 aromatic rings. The average molecular weight is 359 g/mol. The monoisotopic (exact) mass is 359 g/mol. The van der Waals surface area contributed by atoms with E-state index in [1.165, 1.54) is 21.8 Å². The molecule has 3 rings (SSSR count). The number of aromatic nitrogens is 2. The largest absolute Gasteiger partial charge is 0.341 e. The number of halogens is 1. The minimum Gasteiger partial charge on any atom is -0.341 e. The van der Waals surface area contributed by atoms with Gasteiger partial charge in [-0.05, 0) is 32.4 Å². The Morgan fingerprint density at radius 2 is 2.08 bits per heavy atom. The second kappa shape index (κ2) is 7.55. The van der Waals surface area contributed by atoms with Gasteiger partial charge in [-0.25, -0.2) is 13.9 Å². The van der Waals surface area contributed by atoms with Gasteiger partial charge in [-0.3, -0.25) is 4.79 Å². The van der Waals surface area contributed by atoms with Crippen molar-refractivity contribution in [3.8, 4) is 5.69 Å². The lowest BCUT2D eigenvalue weighted by atomic mass is 10.3. The molecule has 0 spiro atoms. The molecule has 2 heterocycles. The normalized spacial score (nSPS) is 15.1. The Kier molecular flexibility index (Phi) is 5.20. The van der Waals surface area contributed by atoms with Gasteiger partial charge in [0.1, 0.15) is 18.0 Å². The van der Waals surface area contributed by atoms with E-state index in [0.29, 0.717) is 36.7 Å². The predicted octanol–water partition coefficient (Wildman–Crippen LogP) is 2.41. The van der Waals surface area contributed by atoms with Crippen molar-refractivity contribution in [1.82, 2.24) is 19.6 Å². The Bertz CT molecular complexity index is 820. The van der Waals surface area contributed by atoms with Crippen molar-refractivity contribution >= 4 is 17.6 Å². The minimum atomic E-state index is -0.394. The summed E-state index contributed by atoms with van der Waals surface area (Å²) in [6, 6.07) is 5.95. The smallest absolute Gasteiger partial charge is 0.322 e. The Labute approximate surface area is 151 Å². The van der Waals surface area contributed by atoms with Crippen LogP contribution in [0.15, 0.2) is 30.5 Å². The highest BCUT2D eigenvalue weighted by Crippen LogP contribution is 2.21. The van der Waals surface area contributed by atoms with Crippen LogP contribution in [0.3, 0.4) is 0 Å². The average Bonchev–Trinajstić information content (AvgIpc) is 2.86. The Morgan fingerprint density at radius 1 is 1.31 bits per heavy atom. The molecule has 1 aliphatic rings. The first-order valence-corrected chi connectivity index (χ1v) is 8.64. The van der Waals surface area contributed by atoms with E-state index in [4.69, 9.17) is 0 Å². The third kappa shape index (κ3) is 3.54. The zero-order chi connectivity index (χ0) is 18.7. The number of nitrogens with one attached hydrogen (secondary N) is 1. The molecule has 0 unspecified atom stereocenters. The van der Waals surface area contributed by atoms with Crippen molar-refractivity contribution in [1.29, 1.82) is 0 Å². The predicted molar refractivity (Wildman–Crippen MR) is 95.7 cm³/mol. The summed E-state index contributed by atoms with van der Waals surface area (Å²) in [4.78, 5) is 28.0. The second-order valence-corrected chi connectivity index (χ2v) is 6.19. The molecule has 1 saturated heterocycles. The molecule has 3 amide bonds. The highest BCUT2D eigenvalue weighted by Gasteiger charge is 2.25. The van der Waals surface area contributed by atoms with Gasteiger partial charge < -0.3 is 15.1 Å². The molecule has 7 nitrogen and oxygen atoms in total. The molecule has 0 atom stereocenters. The second-order valence-electron chi connectivity index (χ2n) is 6.19. The molecule has 1 aromatic carbocycles. The standard InChI is InChI=1S/C18H22FN5O2/c1-3-22-9-6-10-23(12-17(22)25)18(26)21-15-11-20-24(13(15)2)16-8-5-4-7-14(16)19/h4-5,7-8,11H,3,6,9-10,12H2,1-2H3,(H,21,26). The zero-order valence-electron chi connectivity index (χ0n) is 14.9. The van der Waals surface area contributed by atoms with Crippen molar-refractivity contribution in [3.05, 3.63) is 42.0 Å². The fourth-order valence-electron chi connectivity index (χ4n) is 3.02. The Hall–Kier alpha value is -2.90. The van der Waals surface area contributed by atoms with E-state index < -0.39 is 5.82 Å². The van der Waals surface area contributed by atoms with Gasteiger partial charge in [-0.1, -0.05) is 12.1 Å². The van der Waals surface area contributed by atoms with Crippen LogP contribution in [-0.2, 0) is 4.79 Å². The maximum Gasteiger partial charge on any atom is 0.322 e. The van der Waals surface area contributed by atoms with Crippen molar-refractivity contribution in [2.75, 3.05) is 31.5 Å². The number of carbonyl (C=O) groups excluding carboxylic acids is 2. The summed E-state index contributed by atoms with van der Waals surface area (Å²) in [5.41, 5.74) is 1.41. The van der Waals surface area contributed by atoms with Gasteiger partial charge in [0, 0.05) is 19.6 Å². The van der Waals surface area contributed by atoms with Gasteiger partial charge in [-0.2, -0.15) is 5.10 Å². The summed E-state index contributed by atoms with van der Waals surface area (Å²) in [5, 5.41) is 6.95. The first kappa shape index (κ1) is 17.9. The van der Waals surface area contributed by atoms with E-state index in [9.17, 15) is 14.0 Å². The first-order valence-electron chi connectivity index (χ1n) is 8.64. The van der Waals surface area contributed by atoms with E-state index in [1.807, 2.05) is 6.92 Å². The summed E-state index contributed by atoms with van der Waals surface area (Å²) < 4.78 is 15.4. The number of benzene rings is 1. The number of carbonyl (C=O) groups is 2. The van der Waals surface area contributed by atoms with Crippen molar-refractivity contribution in [2.24, 2.45) is 0 Å². The van der Waals surface area contributed by atoms with E-state index in [0.717, 1.165) is 6.42 Å². The highest BCUT2D eigenvalue weighted by molar-refractivity contribution is 5.93. The molecule has 1 N–H and O–H groups in total. The molecule has 1 fully saturated rings. The van der Waals surface area contributed by atoms with Crippen LogP contribution >= 0.6 is 0 Å².